The highest BCUT2D eigenvalue weighted by atomic mass is 35.5. The van der Waals surface area contributed by atoms with Crippen LogP contribution in [0, 0.1) is 5.92 Å². The predicted molar refractivity (Wildman–Crippen MR) is 139 cm³/mol. The maximum Gasteiger partial charge on any atom is 0.416 e. The largest absolute Gasteiger partial charge is 0.416 e. The molecule has 4 rings (SSSR count). The summed E-state index contributed by atoms with van der Waals surface area (Å²) in [5.41, 5.74) is -0.0755. The van der Waals surface area contributed by atoms with Crippen LogP contribution in [0.15, 0.2) is 48.5 Å². The molecule has 2 fully saturated rings. The Morgan fingerprint density at radius 2 is 1.76 bits per heavy atom. The summed E-state index contributed by atoms with van der Waals surface area (Å²) in [5.74, 6) is -0.854. The summed E-state index contributed by atoms with van der Waals surface area (Å²) in [7, 11) is 1.43. The minimum absolute atomic E-state index is 0.0612. The summed E-state index contributed by atoms with van der Waals surface area (Å²) in [6.45, 7) is 5.35. The molecule has 206 valence electrons. The minimum Gasteiger partial charge on any atom is -0.364 e. The molecule has 0 N–H and O–H groups in total. The van der Waals surface area contributed by atoms with Gasteiger partial charge in [0.15, 0.2) is 0 Å². The molecule has 6 nitrogen and oxygen atoms in total. The Labute approximate surface area is 226 Å². The monoisotopic (exact) mass is 551 g/mol. The van der Waals surface area contributed by atoms with Crippen LogP contribution in [0.5, 0.6) is 0 Å². The highest BCUT2D eigenvalue weighted by Crippen LogP contribution is 2.35. The minimum atomic E-state index is -4.57. The molecule has 2 amide bonds. The molecule has 38 heavy (non-hydrogen) atoms. The number of ether oxygens (including phenoxy) is 1. The summed E-state index contributed by atoms with van der Waals surface area (Å²) < 4.78 is 45.4. The molecule has 2 heterocycles. The maximum absolute atomic E-state index is 13.6. The van der Waals surface area contributed by atoms with Gasteiger partial charge in [0.2, 0.25) is 5.91 Å². The summed E-state index contributed by atoms with van der Waals surface area (Å²) in [5, 5.41) is 0.563. The molecule has 0 spiro atoms. The van der Waals surface area contributed by atoms with Crippen LogP contribution in [0.2, 0.25) is 5.02 Å². The number of carbonyl (C=O) groups is 2. The summed E-state index contributed by atoms with van der Waals surface area (Å²) in [6, 6.07) is 11.2. The molecule has 0 saturated carbocycles. The van der Waals surface area contributed by atoms with Crippen LogP contribution in [0.25, 0.3) is 0 Å². The zero-order chi connectivity index (χ0) is 27.4. The number of likely N-dealkylation sites (tertiary alicyclic amines) is 2. The molecule has 2 unspecified atom stereocenters. The number of carbonyl (C=O) groups excluding carboxylic acids is 2. The van der Waals surface area contributed by atoms with Gasteiger partial charge in [-0.2, -0.15) is 13.2 Å². The number of nitrogens with zero attached hydrogens (tertiary/aromatic N) is 3. The second kappa shape index (κ2) is 12.1. The molecular formula is C28H33ClF3N3O3. The van der Waals surface area contributed by atoms with Crippen molar-refractivity contribution in [1.82, 2.24) is 14.7 Å². The van der Waals surface area contributed by atoms with Crippen LogP contribution in [0.3, 0.4) is 0 Å². The van der Waals surface area contributed by atoms with E-state index in [1.807, 2.05) is 12.1 Å². The SMILES string of the molecule is CCN1CCC(C(=O)N2CC(c3ccc(Cl)cc3)C(N(COC)C(=O)c3cccc(C(F)(F)F)c3)C2)CC1. The highest BCUT2D eigenvalue weighted by molar-refractivity contribution is 6.30. The van der Waals surface area contributed by atoms with Gasteiger partial charge in [-0.15, -0.1) is 0 Å². The zero-order valence-corrected chi connectivity index (χ0v) is 22.3. The Bertz CT molecular complexity index is 1120. The highest BCUT2D eigenvalue weighted by Gasteiger charge is 2.43. The summed E-state index contributed by atoms with van der Waals surface area (Å²) >= 11 is 6.11. The van der Waals surface area contributed by atoms with Gasteiger partial charge in [-0.25, -0.2) is 0 Å². The van der Waals surface area contributed by atoms with Crippen LogP contribution < -0.4 is 0 Å². The predicted octanol–water partition coefficient (Wildman–Crippen LogP) is 5.13. The third kappa shape index (κ3) is 6.33. The number of rotatable bonds is 7. The average Bonchev–Trinajstić information content (AvgIpc) is 3.36. The molecule has 2 saturated heterocycles. The van der Waals surface area contributed by atoms with Gasteiger partial charge >= 0.3 is 6.18 Å². The Hall–Kier alpha value is -2.62. The van der Waals surface area contributed by atoms with Crippen molar-refractivity contribution in [3.63, 3.8) is 0 Å². The molecule has 2 aliphatic rings. The van der Waals surface area contributed by atoms with E-state index < -0.39 is 23.7 Å². The van der Waals surface area contributed by atoms with Gasteiger partial charge in [-0.3, -0.25) is 9.59 Å². The number of alkyl halides is 3. The van der Waals surface area contributed by atoms with E-state index in [0.29, 0.717) is 11.6 Å². The van der Waals surface area contributed by atoms with E-state index >= 15 is 0 Å². The summed E-state index contributed by atoms with van der Waals surface area (Å²) in [6.07, 6.45) is -3.01. The van der Waals surface area contributed by atoms with Crippen LogP contribution in [-0.4, -0.2) is 79.1 Å². The fourth-order valence-electron chi connectivity index (χ4n) is 5.51. The van der Waals surface area contributed by atoms with Gasteiger partial charge in [-0.1, -0.05) is 36.7 Å². The van der Waals surface area contributed by atoms with Crippen molar-refractivity contribution >= 4 is 23.4 Å². The lowest BCUT2D eigenvalue weighted by atomic mass is 9.93. The van der Waals surface area contributed by atoms with Crippen molar-refractivity contribution in [3.8, 4) is 0 Å². The van der Waals surface area contributed by atoms with Crippen molar-refractivity contribution in [2.24, 2.45) is 5.92 Å². The molecule has 10 heteroatoms. The number of amides is 2. The van der Waals surface area contributed by atoms with E-state index in [0.717, 1.165) is 50.2 Å². The van der Waals surface area contributed by atoms with E-state index in [2.05, 4.69) is 11.8 Å². The van der Waals surface area contributed by atoms with E-state index in [-0.39, 0.29) is 36.6 Å². The lowest BCUT2D eigenvalue weighted by Crippen LogP contribution is -2.46. The van der Waals surface area contributed by atoms with Crippen molar-refractivity contribution in [2.45, 2.75) is 37.9 Å². The molecule has 0 bridgehead atoms. The Morgan fingerprint density at radius 3 is 2.37 bits per heavy atom. The van der Waals surface area contributed by atoms with Crippen LogP contribution >= 0.6 is 11.6 Å². The molecule has 2 aromatic carbocycles. The Kier molecular flexibility index (Phi) is 9.00. The molecule has 2 aliphatic heterocycles. The van der Waals surface area contributed by atoms with Gasteiger partial charge in [0, 0.05) is 42.6 Å². The second-order valence-corrected chi connectivity index (χ2v) is 10.4. The second-order valence-electron chi connectivity index (χ2n) is 9.95. The van der Waals surface area contributed by atoms with Crippen molar-refractivity contribution < 1.29 is 27.5 Å². The normalized spacial score (nSPS) is 21.1. The van der Waals surface area contributed by atoms with Crippen molar-refractivity contribution in [3.05, 3.63) is 70.2 Å². The fourth-order valence-corrected chi connectivity index (χ4v) is 5.64. The number of halogens is 4. The van der Waals surface area contributed by atoms with E-state index in [9.17, 15) is 22.8 Å². The zero-order valence-electron chi connectivity index (χ0n) is 21.6. The first-order valence-electron chi connectivity index (χ1n) is 12.9. The lowest BCUT2D eigenvalue weighted by Gasteiger charge is -2.33. The lowest BCUT2D eigenvalue weighted by molar-refractivity contribution is -0.138. The van der Waals surface area contributed by atoms with Gasteiger partial charge < -0.3 is 19.4 Å². The van der Waals surface area contributed by atoms with Gasteiger partial charge in [0.25, 0.3) is 5.91 Å². The number of hydrogen-bond acceptors (Lipinski definition) is 4. The Balaban J connectivity index is 1.63. The molecular weight excluding hydrogens is 519 g/mol. The molecule has 0 aliphatic carbocycles. The standard InChI is InChI=1S/C28H33ClF3N3O3/c1-3-33-13-11-20(12-14-33)26(36)34-16-24(19-7-9-23(29)10-8-19)25(17-34)35(18-38-2)27(37)21-5-4-6-22(15-21)28(30,31)32/h4-10,15,20,24-25H,3,11-14,16-18H2,1-2H3. The average molecular weight is 552 g/mol. The smallest absolute Gasteiger partial charge is 0.364 e. The number of hydrogen-bond donors (Lipinski definition) is 0. The Morgan fingerprint density at radius 1 is 1.08 bits per heavy atom. The van der Waals surface area contributed by atoms with Crippen molar-refractivity contribution in [2.75, 3.05) is 46.6 Å². The third-order valence-corrected chi connectivity index (χ3v) is 7.90. The topological polar surface area (TPSA) is 53.1 Å². The quantitative estimate of drug-likeness (QED) is 0.448. The van der Waals surface area contributed by atoms with Gasteiger partial charge in [-0.05, 0) is 68.4 Å². The summed E-state index contributed by atoms with van der Waals surface area (Å²) in [4.78, 5) is 32.8. The first-order valence-corrected chi connectivity index (χ1v) is 13.2. The van der Waals surface area contributed by atoms with Gasteiger partial charge in [0.1, 0.15) is 6.73 Å². The fraction of sp³-hybridized carbons (Fsp3) is 0.500. The van der Waals surface area contributed by atoms with Crippen LogP contribution in [-0.2, 0) is 15.7 Å². The third-order valence-electron chi connectivity index (χ3n) is 7.65. The first-order chi connectivity index (χ1) is 18.1. The van der Waals surface area contributed by atoms with Gasteiger partial charge in [0.05, 0.1) is 11.6 Å². The molecule has 2 aromatic rings. The van der Waals surface area contributed by atoms with E-state index in [4.69, 9.17) is 16.3 Å². The first kappa shape index (κ1) is 28.4. The van der Waals surface area contributed by atoms with Crippen molar-refractivity contribution in [1.29, 1.82) is 0 Å². The number of benzene rings is 2. The van der Waals surface area contributed by atoms with E-state index in [1.165, 1.54) is 24.1 Å². The van der Waals surface area contributed by atoms with E-state index in [1.54, 1.807) is 17.0 Å². The number of piperidine rings is 1. The molecule has 2 atom stereocenters. The molecule has 0 radical (unpaired) electrons. The van der Waals surface area contributed by atoms with Crippen LogP contribution in [0.1, 0.15) is 47.2 Å². The maximum atomic E-state index is 13.6. The van der Waals surface area contributed by atoms with Crippen LogP contribution in [0.4, 0.5) is 13.2 Å². The molecule has 0 aromatic heterocycles. The number of methoxy groups -OCH3 is 1.